The summed E-state index contributed by atoms with van der Waals surface area (Å²) in [7, 11) is 0. The molecule has 0 saturated carbocycles. The second kappa shape index (κ2) is 7.25. The third-order valence-corrected chi connectivity index (χ3v) is 4.61. The van der Waals surface area contributed by atoms with E-state index >= 15 is 0 Å². The van der Waals surface area contributed by atoms with Crippen LogP contribution in [0.2, 0.25) is 0 Å². The van der Waals surface area contributed by atoms with Crippen molar-refractivity contribution < 1.29 is 9.53 Å². The largest absolute Gasteiger partial charge is 0.381 e. The number of rotatable bonds is 5. The number of nitrogens with zero attached hydrogens (tertiary/aromatic N) is 3. The standard InChI is InChI=1S/C20H22N4O2/c1-14(25)11-15-3-2-4-16(12-15)18-13-21-20-6-5-19(23-24(18)20)22-17-7-9-26-10-8-17/h2-6,12-13,17H,7-11H2,1H3,(H,22,23). The molecule has 1 fully saturated rings. The number of anilines is 1. The first-order chi connectivity index (χ1) is 12.7. The average molecular weight is 350 g/mol. The average Bonchev–Trinajstić information content (AvgIpc) is 3.05. The second-order valence-corrected chi connectivity index (χ2v) is 6.74. The van der Waals surface area contributed by atoms with Crippen molar-refractivity contribution >= 4 is 17.2 Å². The zero-order valence-electron chi connectivity index (χ0n) is 14.8. The van der Waals surface area contributed by atoms with Gasteiger partial charge in [-0.3, -0.25) is 4.79 Å². The number of hydrogen-bond donors (Lipinski definition) is 1. The number of hydrogen-bond acceptors (Lipinski definition) is 5. The highest BCUT2D eigenvalue weighted by atomic mass is 16.5. The summed E-state index contributed by atoms with van der Waals surface area (Å²) in [4.78, 5) is 15.9. The molecule has 0 radical (unpaired) electrons. The highest BCUT2D eigenvalue weighted by Gasteiger charge is 2.15. The highest BCUT2D eigenvalue weighted by molar-refractivity contribution is 5.78. The minimum absolute atomic E-state index is 0.154. The van der Waals surface area contributed by atoms with Crippen LogP contribution in [0.25, 0.3) is 16.9 Å². The van der Waals surface area contributed by atoms with Crippen molar-refractivity contribution in [1.82, 2.24) is 14.6 Å². The molecule has 0 aliphatic carbocycles. The zero-order valence-corrected chi connectivity index (χ0v) is 14.8. The molecule has 3 heterocycles. The number of benzene rings is 1. The van der Waals surface area contributed by atoms with Gasteiger partial charge in [0.15, 0.2) is 5.65 Å². The normalized spacial score (nSPS) is 15.3. The number of carbonyl (C=O) groups excluding carboxylic acids is 1. The van der Waals surface area contributed by atoms with E-state index in [1.807, 2.05) is 47.1 Å². The Hall–Kier alpha value is -2.73. The van der Waals surface area contributed by atoms with E-state index in [0.29, 0.717) is 12.5 Å². The molecule has 0 atom stereocenters. The minimum atomic E-state index is 0.154. The molecular formula is C20H22N4O2. The Balaban J connectivity index is 1.65. The van der Waals surface area contributed by atoms with Crippen molar-refractivity contribution in [3.05, 3.63) is 48.2 Å². The summed E-state index contributed by atoms with van der Waals surface area (Å²) in [6.07, 6.45) is 4.25. The van der Waals surface area contributed by atoms with Crippen LogP contribution in [-0.2, 0) is 16.0 Å². The van der Waals surface area contributed by atoms with Crippen LogP contribution in [0.15, 0.2) is 42.6 Å². The molecule has 1 aliphatic rings. The molecule has 4 rings (SSSR count). The van der Waals surface area contributed by atoms with Crippen molar-refractivity contribution in [3.8, 4) is 11.3 Å². The van der Waals surface area contributed by atoms with Gasteiger partial charge in [-0.15, -0.1) is 5.10 Å². The lowest BCUT2D eigenvalue weighted by Crippen LogP contribution is -2.28. The fourth-order valence-corrected chi connectivity index (χ4v) is 3.33. The minimum Gasteiger partial charge on any atom is -0.381 e. The van der Waals surface area contributed by atoms with E-state index < -0.39 is 0 Å². The maximum atomic E-state index is 11.4. The first kappa shape index (κ1) is 16.7. The van der Waals surface area contributed by atoms with Crippen LogP contribution < -0.4 is 5.32 Å². The van der Waals surface area contributed by atoms with Gasteiger partial charge in [0.2, 0.25) is 0 Å². The molecule has 3 aromatic rings. The van der Waals surface area contributed by atoms with E-state index in [4.69, 9.17) is 9.84 Å². The molecule has 1 aliphatic heterocycles. The lowest BCUT2D eigenvalue weighted by Gasteiger charge is -2.23. The maximum absolute atomic E-state index is 11.4. The number of imidazole rings is 1. The number of ether oxygens (including phenoxy) is 1. The first-order valence-corrected chi connectivity index (χ1v) is 8.97. The summed E-state index contributed by atoms with van der Waals surface area (Å²) in [5, 5.41) is 8.23. The van der Waals surface area contributed by atoms with E-state index in [0.717, 1.165) is 54.3 Å². The lowest BCUT2D eigenvalue weighted by atomic mass is 10.0. The highest BCUT2D eigenvalue weighted by Crippen LogP contribution is 2.23. The number of fused-ring (bicyclic) bond motifs is 1. The van der Waals surface area contributed by atoms with Gasteiger partial charge in [-0.1, -0.05) is 18.2 Å². The molecule has 1 aromatic carbocycles. The number of Topliss-reactive ketones (excluding diaryl/α,β-unsaturated/α-hetero) is 1. The van der Waals surface area contributed by atoms with Crippen LogP contribution in [0.4, 0.5) is 5.82 Å². The quantitative estimate of drug-likeness (QED) is 0.766. The van der Waals surface area contributed by atoms with Crippen LogP contribution >= 0.6 is 0 Å². The van der Waals surface area contributed by atoms with Crippen LogP contribution in [0.3, 0.4) is 0 Å². The Labute approximate surface area is 152 Å². The van der Waals surface area contributed by atoms with Gasteiger partial charge in [0, 0.05) is 31.2 Å². The fraction of sp³-hybridized carbons (Fsp3) is 0.350. The predicted octanol–water partition coefficient (Wildman–Crippen LogP) is 3.12. The van der Waals surface area contributed by atoms with Crippen LogP contribution in [0.1, 0.15) is 25.3 Å². The summed E-state index contributed by atoms with van der Waals surface area (Å²) in [5.74, 6) is 0.991. The molecule has 0 unspecified atom stereocenters. The van der Waals surface area contributed by atoms with Gasteiger partial charge in [-0.25, -0.2) is 9.50 Å². The van der Waals surface area contributed by atoms with Crippen molar-refractivity contribution in [2.24, 2.45) is 0 Å². The van der Waals surface area contributed by atoms with Crippen molar-refractivity contribution in [3.63, 3.8) is 0 Å². The topological polar surface area (TPSA) is 68.5 Å². The van der Waals surface area contributed by atoms with Crippen LogP contribution in [0, 0.1) is 0 Å². The van der Waals surface area contributed by atoms with Crippen molar-refractivity contribution in [1.29, 1.82) is 0 Å². The fourth-order valence-electron chi connectivity index (χ4n) is 3.33. The molecule has 0 bridgehead atoms. The third kappa shape index (κ3) is 3.60. The smallest absolute Gasteiger partial charge is 0.154 e. The Morgan fingerprint density at radius 1 is 1.27 bits per heavy atom. The molecule has 6 nitrogen and oxygen atoms in total. The molecule has 6 heteroatoms. The number of nitrogens with one attached hydrogen (secondary N) is 1. The Kier molecular flexibility index (Phi) is 4.67. The van der Waals surface area contributed by atoms with Crippen LogP contribution in [0.5, 0.6) is 0 Å². The number of ketones is 1. The summed E-state index contributed by atoms with van der Waals surface area (Å²) >= 11 is 0. The molecule has 1 saturated heterocycles. The summed E-state index contributed by atoms with van der Waals surface area (Å²) < 4.78 is 7.27. The van der Waals surface area contributed by atoms with E-state index in [-0.39, 0.29) is 5.78 Å². The molecule has 26 heavy (non-hydrogen) atoms. The monoisotopic (exact) mass is 350 g/mol. The summed E-state index contributed by atoms with van der Waals surface area (Å²) in [6.45, 7) is 3.19. The van der Waals surface area contributed by atoms with E-state index in [1.165, 1.54) is 0 Å². The van der Waals surface area contributed by atoms with Crippen molar-refractivity contribution in [2.45, 2.75) is 32.2 Å². The summed E-state index contributed by atoms with van der Waals surface area (Å²) in [5.41, 5.74) is 3.73. The first-order valence-electron chi connectivity index (χ1n) is 8.97. The second-order valence-electron chi connectivity index (χ2n) is 6.74. The van der Waals surface area contributed by atoms with Crippen LogP contribution in [-0.4, -0.2) is 39.6 Å². The molecule has 0 spiro atoms. The predicted molar refractivity (Wildman–Crippen MR) is 100 cm³/mol. The van der Waals surface area contributed by atoms with E-state index in [1.54, 1.807) is 6.92 Å². The molecule has 2 aromatic heterocycles. The summed E-state index contributed by atoms with van der Waals surface area (Å²) in [6, 6.07) is 12.3. The van der Waals surface area contributed by atoms with Gasteiger partial charge >= 0.3 is 0 Å². The molecular weight excluding hydrogens is 328 g/mol. The Morgan fingerprint density at radius 3 is 2.92 bits per heavy atom. The lowest BCUT2D eigenvalue weighted by molar-refractivity contribution is -0.116. The van der Waals surface area contributed by atoms with Gasteiger partial charge in [-0.05, 0) is 43.5 Å². The van der Waals surface area contributed by atoms with Gasteiger partial charge in [-0.2, -0.15) is 0 Å². The van der Waals surface area contributed by atoms with E-state index in [9.17, 15) is 4.79 Å². The number of aromatic nitrogens is 3. The van der Waals surface area contributed by atoms with Gasteiger partial charge < -0.3 is 10.1 Å². The zero-order chi connectivity index (χ0) is 17.9. The SMILES string of the molecule is CC(=O)Cc1cccc(-c2cnc3ccc(NC4CCOCC4)nn23)c1. The molecule has 1 N–H and O–H groups in total. The van der Waals surface area contributed by atoms with Crippen molar-refractivity contribution in [2.75, 3.05) is 18.5 Å². The Bertz CT molecular complexity index is 928. The van der Waals surface area contributed by atoms with Gasteiger partial charge in [0.1, 0.15) is 11.6 Å². The Morgan fingerprint density at radius 2 is 2.12 bits per heavy atom. The molecule has 0 amide bonds. The van der Waals surface area contributed by atoms with Gasteiger partial charge in [0.25, 0.3) is 0 Å². The maximum Gasteiger partial charge on any atom is 0.154 e. The third-order valence-electron chi connectivity index (χ3n) is 4.61. The molecule has 134 valence electrons. The van der Waals surface area contributed by atoms with E-state index in [2.05, 4.69) is 10.3 Å². The number of carbonyl (C=O) groups is 1. The van der Waals surface area contributed by atoms with Gasteiger partial charge in [0.05, 0.1) is 11.9 Å².